The van der Waals surface area contributed by atoms with E-state index in [4.69, 9.17) is 14.2 Å². The molecule has 1 N–H and O–H groups in total. The number of morpholine rings is 1. The highest BCUT2D eigenvalue weighted by molar-refractivity contribution is 5.79. The molecule has 3 aromatic rings. The Bertz CT molecular complexity index is 954. The Balaban J connectivity index is 1.41. The molecule has 0 amide bonds. The molecule has 3 heterocycles. The van der Waals surface area contributed by atoms with Crippen LogP contribution in [0.15, 0.2) is 36.7 Å². The van der Waals surface area contributed by atoms with Crippen LogP contribution in [0.1, 0.15) is 17.5 Å². The van der Waals surface area contributed by atoms with Crippen molar-refractivity contribution >= 4 is 11.0 Å². The minimum absolute atomic E-state index is 0.299. The van der Waals surface area contributed by atoms with E-state index in [9.17, 15) is 4.39 Å². The Morgan fingerprint density at radius 1 is 1.21 bits per heavy atom. The normalized spacial score (nSPS) is 15.0. The number of aromatic nitrogens is 2. The molecule has 1 saturated heterocycles. The van der Waals surface area contributed by atoms with E-state index >= 15 is 0 Å². The van der Waals surface area contributed by atoms with Crippen molar-refractivity contribution in [1.82, 2.24) is 14.9 Å². The lowest BCUT2D eigenvalue weighted by molar-refractivity contribution is 0.0357. The van der Waals surface area contributed by atoms with E-state index in [0.29, 0.717) is 30.1 Å². The number of ether oxygens (including phenoxy) is 3. The molecule has 1 aliphatic rings. The predicted octanol–water partition coefficient (Wildman–Crippen LogP) is 3.40. The largest absolute Gasteiger partial charge is 0.493 e. The third-order valence-corrected chi connectivity index (χ3v) is 5.23. The van der Waals surface area contributed by atoms with Crippen molar-refractivity contribution < 1.29 is 18.6 Å². The summed E-state index contributed by atoms with van der Waals surface area (Å²) in [4.78, 5) is 9.76. The Labute approximate surface area is 169 Å². The van der Waals surface area contributed by atoms with E-state index in [1.807, 2.05) is 18.3 Å². The summed E-state index contributed by atoms with van der Waals surface area (Å²) in [6.07, 6.45) is 4.93. The molecule has 4 rings (SSSR count). The van der Waals surface area contributed by atoms with Crippen LogP contribution in [-0.2, 0) is 11.2 Å². The molecule has 1 fully saturated rings. The number of benzene rings is 1. The van der Waals surface area contributed by atoms with Crippen LogP contribution in [0.25, 0.3) is 11.0 Å². The number of aromatic amines is 1. The van der Waals surface area contributed by atoms with Crippen LogP contribution in [0, 0.1) is 5.82 Å². The quantitative estimate of drug-likeness (QED) is 0.589. The van der Waals surface area contributed by atoms with Crippen LogP contribution in [0.4, 0.5) is 4.39 Å². The topological polar surface area (TPSA) is 59.6 Å². The summed E-state index contributed by atoms with van der Waals surface area (Å²) in [5, 5.41) is 0.995. The van der Waals surface area contributed by atoms with Gasteiger partial charge in [0.05, 0.1) is 26.9 Å². The summed E-state index contributed by atoms with van der Waals surface area (Å²) in [6.45, 7) is 4.94. The summed E-state index contributed by atoms with van der Waals surface area (Å²) in [7, 11) is 1.58. The highest BCUT2D eigenvalue weighted by atomic mass is 19.1. The zero-order valence-corrected chi connectivity index (χ0v) is 16.6. The Hall–Kier alpha value is -2.64. The number of nitrogens with one attached hydrogen (secondary N) is 1. The van der Waals surface area contributed by atoms with Gasteiger partial charge >= 0.3 is 0 Å². The number of hydrogen-bond acceptors (Lipinski definition) is 5. The average molecular weight is 399 g/mol. The van der Waals surface area contributed by atoms with E-state index in [1.165, 1.54) is 6.07 Å². The average Bonchev–Trinajstić information content (AvgIpc) is 3.16. The number of H-pyrrole nitrogens is 1. The summed E-state index contributed by atoms with van der Waals surface area (Å²) in [5.41, 5.74) is 2.36. The molecular formula is C22H26FN3O3. The van der Waals surface area contributed by atoms with Gasteiger partial charge in [0.2, 0.25) is 0 Å². The number of methoxy groups -OCH3 is 1. The van der Waals surface area contributed by atoms with E-state index in [0.717, 1.165) is 55.9 Å². The van der Waals surface area contributed by atoms with Crippen molar-refractivity contribution in [2.24, 2.45) is 0 Å². The van der Waals surface area contributed by atoms with Crippen molar-refractivity contribution in [1.29, 1.82) is 0 Å². The molecule has 6 nitrogen and oxygen atoms in total. The first-order valence-corrected chi connectivity index (χ1v) is 9.95. The second-order valence-electron chi connectivity index (χ2n) is 7.14. The zero-order valence-electron chi connectivity index (χ0n) is 16.6. The molecule has 0 bridgehead atoms. The fourth-order valence-corrected chi connectivity index (χ4v) is 3.64. The number of rotatable bonds is 8. The highest BCUT2D eigenvalue weighted by Crippen LogP contribution is 2.32. The molecule has 0 atom stereocenters. The van der Waals surface area contributed by atoms with Crippen LogP contribution in [0.3, 0.4) is 0 Å². The molecule has 1 aliphatic heterocycles. The number of nitrogens with zero attached hydrogens (tertiary/aromatic N) is 2. The molecular weight excluding hydrogens is 373 g/mol. The van der Waals surface area contributed by atoms with Crippen molar-refractivity contribution in [3.8, 4) is 11.5 Å². The van der Waals surface area contributed by atoms with E-state index in [2.05, 4.69) is 14.9 Å². The maximum atomic E-state index is 14.8. The third kappa shape index (κ3) is 4.68. The maximum absolute atomic E-state index is 14.8. The molecule has 2 aromatic heterocycles. The summed E-state index contributed by atoms with van der Waals surface area (Å²) in [5.74, 6) is 0.689. The molecule has 0 aliphatic carbocycles. The standard InChI is InChI=1S/C22H26FN3O3/c1-27-20-13-16(12-17-15-25-22-18(17)4-2-5-24-22)19(23)14-21(20)29-9-3-6-26-7-10-28-11-8-26/h2,4-5,13-15H,3,6-12H2,1H3,(H,24,25). The smallest absolute Gasteiger partial charge is 0.164 e. The van der Waals surface area contributed by atoms with Crippen molar-refractivity contribution in [2.75, 3.05) is 46.6 Å². The number of hydrogen-bond donors (Lipinski definition) is 1. The summed E-state index contributed by atoms with van der Waals surface area (Å²) in [6, 6.07) is 7.01. The van der Waals surface area contributed by atoms with E-state index in [-0.39, 0.29) is 5.82 Å². The highest BCUT2D eigenvalue weighted by Gasteiger charge is 2.15. The Morgan fingerprint density at radius 3 is 2.90 bits per heavy atom. The molecule has 1 aromatic carbocycles. The lowest BCUT2D eigenvalue weighted by Gasteiger charge is -2.26. The van der Waals surface area contributed by atoms with Gasteiger partial charge < -0.3 is 19.2 Å². The zero-order chi connectivity index (χ0) is 20.1. The first-order chi connectivity index (χ1) is 14.2. The van der Waals surface area contributed by atoms with Gasteiger partial charge in [-0.15, -0.1) is 0 Å². The first-order valence-electron chi connectivity index (χ1n) is 9.95. The van der Waals surface area contributed by atoms with Gasteiger partial charge in [0, 0.05) is 49.9 Å². The fraction of sp³-hybridized carbons (Fsp3) is 0.409. The maximum Gasteiger partial charge on any atom is 0.164 e. The van der Waals surface area contributed by atoms with Gasteiger partial charge in [-0.1, -0.05) is 0 Å². The molecule has 29 heavy (non-hydrogen) atoms. The van der Waals surface area contributed by atoms with E-state index < -0.39 is 0 Å². The predicted molar refractivity (Wildman–Crippen MR) is 109 cm³/mol. The van der Waals surface area contributed by atoms with Crippen LogP contribution >= 0.6 is 0 Å². The van der Waals surface area contributed by atoms with Gasteiger partial charge in [-0.3, -0.25) is 4.90 Å². The minimum Gasteiger partial charge on any atom is -0.493 e. The molecule has 154 valence electrons. The SMILES string of the molecule is COc1cc(Cc2c[nH]c3ncccc23)c(F)cc1OCCCN1CCOCC1. The van der Waals surface area contributed by atoms with Crippen molar-refractivity contribution in [3.63, 3.8) is 0 Å². The second kappa shape index (κ2) is 9.24. The number of pyridine rings is 1. The van der Waals surface area contributed by atoms with Crippen LogP contribution in [-0.4, -0.2) is 61.4 Å². The molecule has 0 spiro atoms. The van der Waals surface area contributed by atoms with Crippen LogP contribution < -0.4 is 9.47 Å². The van der Waals surface area contributed by atoms with Crippen molar-refractivity contribution in [2.45, 2.75) is 12.8 Å². The fourth-order valence-electron chi connectivity index (χ4n) is 3.64. The monoisotopic (exact) mass is 399 g/mol. The van der Waals surface area contributed by atoms with Crippen molar-refractivity contribution in [3.05, 3.63) is 53.6 Å². The van der Waals surface area contributed by atoms with E-state index in [1.54, 1.807) is 19.4 Å². The third-order valence-electron chi connectivity index (χ3n) is 5.23. The number of fused-ring (bicyclic) bond motifs is 1. The lowest BCUT2D eigenvalue weighted by atomic mass is 10.0. The Morgan fingerprint density at radius 2 is 2.07 bits per heavy atom. The van der Waals surface area contributed by atoms with Gasteiger partial charge in [0.1, 0.15) is 11.5 Å². The second-order valence-corrected chi connectivity index (χ2v) is 7.14. The number of halogens is 1. The van der Waals surface area contributed by atoms with Gasteiger partial charge in [-0.2, -0.15) is 0 Å². The Kier molecular flexibility index (Phi) is 6.27. The molecule has 0 radical (unpaired) electrons. The van der Waals surface area contributed by atoms with Gasteiger partial charge in [-0.05, 0) is 35.7 Å². The lowest BCUT2D eigenvalue weighted by Crippen LogP contribution is -2.37. The molecule has 0 unspecified atom stereocenters. The first kappa shape index (κ1) is 19.7. The van der Waals surface area contributed by atoms with Gasteiger partial charge in [0.25, 0.3) is 0 Å². The van der Waals surface area contributed by atoms with Gasteiger partial charge in [-0.25, -0.2) is 9.37 Å². The van der Waals surface area contributed by atoms with Gasteiger partial charge in [0.15, 0.2) is 11.5 Å². The molecule has 7 heteroatoms. The minimum atomic E-state index is -0.299. The van der Waals surface area contributed by atoms with Crippen LogP contribution in [0.2, 0.25) is 0 Å². The summed E-state index contributed by atoms with van der Waals surface area (Å²) < 4.78 is 31.4. The summed E-state index contributed by atoms with van der Waals surface area (Å²) >= 11 is 0. The van der Waals surface area contributed by atoms with Crippen LogP contribution in [0.5, 0.6) is 11.5 Å². The molecule has 0 saturated carbocycles.